The summed E-state index contributed by atoms with van der Waals surface area (Å²) in [6.07, 6.45) is 3.78. The third-order valence-corrected chi connectivity index (χ3v) is 2.51. The van der Waals surface area contributed by atoms with E-state index in [0.29, 0.717) is 18.0 Å². The molecule has 0 saturated heterocycles. The third kappa shape index (κ3) is 6.74. The van der Waals surface area contributed by atoms with Crippen molar-refractivity contribution in [2.24, 2.45) is 5.92 Å². The van der Waals surface area contributed by atoms with Crippen LogP contribution >= 0.6 is 0 Å². The summed E-state index contributed by atoms with van der Waals surface area (Å²) in [4.78, 5) is 34.2. The maximum absolute atomic E-state index is 11.5. The minimum Gasteiger partial charge on any atom is -0.462 e. The maximum Gasteiger partial charge on any atom is 0.331 e. The monoisotopic (exact) mass is 308 g/mol. The van der Waals surface area contributed by atoms with Crippen LogP contribution in [0.25, 0.3) is 0 Å². The lowest BCUT2D eigenvalue weighted by molar-refractivity contribution is -0.141. The van der Waals surface area contributed by atoms with Crippen molar-refractivity contribution in [3.8, 4) is 0 Å². The second-order valence-electron chi connectivity index (χ2n) is 5.02. The molecule has 7 heteroatoms. The van der Waals surface area contributed by atoms with Gasteiger partial charge in [-0.2, -0.15) is 0 Å². The van der Waals surface area contributed by atoms with Gasteiger partial charge < -0.3 is 20.1 Å². The van der Waals surface area contributed by atoms with E-state index >= 15 is 0 Å². The second-order valence-corrected chi connectivity index (χ2v) is 5.02. The molecule has 1 amide bonds. The normalized spacial score (nSPS) is 14.4. The number of hydrogen-bond acceptors (Lipinski definition) is 6. The number of ether oxygens (including phenoxy) is 2. The van der Waals surface area contributed by atoms with Crippen molar-refractivity contribution in [3.05, 3.63) is 36.3 Å². The highest BCUT2D eigenvalue weighted by Gasteiger charge is 2.15. The lowest BCUT2D eigenvalue weighted by Crippen LogP contribution is -2.35. The molecule has 0 saturated carbocycles. The third-order valence-electron chi connectivity index (χ3n) is 2.51. The van der Waals surface area contributed by atoms with Gasteiger partial charge >= 0.3 is 11.9 Å². The number of hydrogen-bond donors (Lipinski definition) is 2. The van der Waals surface area contributed by atoms with Crippen LogP contribution in [-0.2, 0) is 23.9 Å². The van der Waals surface area contributed by atoms with Gasteiger partial charge in [-0.25, -0.2) is 9.59 Å². The molecule has 7 nitrogen and oxygen atoms in total. The Kier molecular flexibility index (Phi) is 6.88. The molecule has 0 aromatic heterocycles. The summed E-state index contributed by atoms with van der Waals surface area (Å²) < 4.78 is 9.76. The molecule has 22 heavy (non-hydrogen) atoms. The van der Waals surface area contributed by atoms with Gasteiger partial charge in [0.25, 0.3) is 5.91 Å². The Morgan fingerprint density at radius 1 is 1.27 bits per heavy atom. The second kappa shape index (κ2) is 8.66. The number of carbonyl (C=O) groups is 3. The SMILES string of the molecule is C=C1NC=C(CCOC(=O)/C=C/C(=O)OCC(C)C)C(=O)N1. The highest BCUT2D eigenvalue weighted by molar-refractivity contribution is 5.95. The molecular formula is C15H20N2O5. The standard InChI is InChI=1S/C15H20N2O5/c1-10(2)9-22-14(19)5-4-13(18)21-7-6-12-8-16-11(3)17-15(12)20/h4-5,8,10,16H,3,6-7,9H2,1-2H3,(H,17,20)/b5-4+. The molecule has 0 aromatic rings. The predicted molar refractivity (Wildman–Crippen MR) is 79.0 cm³/mol. The predicted octanol–water partition coefficient (Wildman–Crippen LogP) is 0.750. The highest BCUT2D eigenvalue weighted by Crippen LogP contribution is 2.06. The van der Waals surface area contributed by atoms with Crippen LogP contribution in [0.3, 0.4) is 0 Å². The molecule has 0 bridgehead atoms. The molecule has 0 unspecified atom stereocenters. The van der Waals surface area contributed by atoms with Gasteiger partial charge in [-0.15, -0.1) is 0 Å². The van der Waals surface area contributed by atoms with Crippen LogP contribution < -0.4 is 10.6 Å². The first kappa shape index (κ1) is 17.5. The molecule has 1 aliphatic rings. The van der Waals surface area contributed by atoms with E-state index in [4.69, 9.17) is 9.47 Å². The molecule has 120 valence electrons. The smallest absolute Gasteiger partial charge is 0.331 e. The summed E-state index contributed by atoms with van der Waals surface area (Å²) in [6.45, 7) is 7.68. The van der Waals surface area contributed by atoms with Crippen molar-refractivity contribution < 1.29 is 23.9 Å². The fourth-order valence-corrected chi connectivity index (χ4v) is 1.42. The van der Waals surface area contributed by atoms with E-state index in [1.54, 1.807) is 0 Å². The summed E-state index contributed by atoms with van der Waals surface area (Å²) in [5.41, 5.74) is 0.445. The Morgan fingerprint density at radius 3 is 2.50 bits per heavy atom. The fourth-order valence-electron chi connectivity index (χ4n) is 1.42. The Labute approximate surface area is 129 Å². The number of amides is 1. The molecule has 1 aliphatic heterocycles. The zero-order valence-corrected chi connectivity index (χ0v) is 12.7. The van der Waals surface area contributed by atoms with E-state index in [1.165, 1.54) is 6.20 Å². The van der Waals surface area contributed by atoms with E-state index in [1.807, 2.05) is 13.8 Å². The van der Waals surface area contributed by atoms with Crippen molar-refractivity contribution in [2.45, 2.75) is 20.3 Å². The first-order valence-electron chi connectivity index (χ1n) is 6.86. The largest absolute Gasteiger partial charge is 0.462 e. The lowest BCUT2D eigenvalue weighted by Gasteiger charge is -2.16. The van der Waals surface area contributed by atoms with Gasteiger partial charge in [0.2, 0.25) is 0 Å². The van der Waals surface area contributed by atoms with Crippen molar-refractivity contribution in [1.29, 1.82) is 0 Å². The van der Waals surface area contributed by atoms with Gasteiger partial charge in [0, 0.05) is 30.3 Å². The molecule has 1 rings (SSSR count). The first-order chi connectivity index (χ1) is 10.4. The zero-order chi connectivity index (χ0) is 16.5. The number of carbonyl (C=O) groups excluding carboxylic acids is 3. The quantitative estimate of drug-likeness (QED) is 0.532. The minimum atomic E-state index is -0.671. The summed E-state index contributed by atoms with van der Waals surface area (Å²) in [6, 6.07) is 0. The fraction of sp³-hybridized carbons (Fsp3) is 0.400. The molecule has 2 N–H and O–H groups in total. The zero-order valence-electron chi connectivity index (χ0n) is 12.7. The van der Waals surface area contributed by atoms with Crippen molar-refractivity contribution in [1.82, 2.24) is 10.6 Å². The Morgan fingerprint density at radius 2 is 1.91 bits per heavy atom. The average molecular weight is 308 g/mol. The molecule has 0 fully saturated rings. The van der Waals surface area contributed by atoms with Crippen LogP contribution in [0, 0.1) is 5.92 Å². The molecule has 0 atom stereocenters. The topological polar surface area (TPSA) is 93.7 Å². The van der Waals surface area contributed by atoms with Gasteiger partial charge in [-0.05, 0) is 5.92 Å². The van der Waals surface area contributed by atoms with E-state index < -0.39 is 11.9 Å². The molecule has 0 aliphatic carbocycles. The van der Waals surface area contributed by atoms with Gasteiger partial charge in [-0.1, -0.05) is 20.4 Å². The van der Waals surface area contributed by atoms with Crippen LogP contribution in [0.2, 0.25) is 0 Å². The van der Waals surface area contributed by atoms with Crippen molar-refractivity contribution in [3.63, 3.8) is 0 Å². The Hall–Kier alpha value is -2.57. The van der Waals surface area contributed by atoms with Gasteiger partial charge in [-0.3, -0.25) is 4.79 Å². The van der Waals surface area contributed by atoms with Crippen LogP contribution in [0.15, 0.2) is 36.3 Å². The van der Waals surface area contributed by atoms with E-state index in [2.05, 4.69) is 17.2 Å². The van der Waals surface area contributed by atoms with E-state index in [-0.39, 0.29) is 24.9 Å². The summed E-state index contributed by atoms with van der Waals surface area (Å²) >= 11 is 0. The molecule has 0 aromatic carbocycles. The molecule has 1 heterocycles. The van der Waals surface area contributed by atoms with Gasteiger partial charge in [0.05, 0.1) is 13.2 Å². The van der Waals surface area contributed by atoms with E-state index in [9.17, 15) is 14.4 Å². The lowest BCUT2D eigenvalue weighted by atomic mass is 10.2. The number of rotatable bonds is 7. The van der Waals surface area contributed by atoms with Gasteiger partial charge in [0.15, 0.2) is 0 Å². The molecule has 0 spiro atoms. The van der Waals surface area contributed by atoms with Crippen LogP contribution in [0.1, 0.15) is 20.3 Å². The van der Waals surface area contributed by atoms with Gasteiger partial charge in [0.1, 0.15) is 5.82 Å². The molecule has 0 radical (unpaired) electrons. The average Bonchev–Trinajstić information content (AvgIpc) is 2.45. The molecular weight excluding hydrogens is 288 g/mol. The Balaban J connectivity index is 2.27. The Bertz CT molecular complexity index is 520. The van der Waals surface area contributed by atoms with Crippen LogP contribution in [0.4, 0.5) is 0 Å². The summed E-state index contributed by atoms with van der Waals surface area (Å²) in [5, 5.41) is 5.26. The van der Waals surface area contributed by atoms with Crippen LogP contribution in [0.5, 0.6) is 0 Å². The summed E-state index contributed by atoms with van der Waals surface area (Å²) in [7, 11) is 0. The van der Waals surface area contributed by atoms with Crippen LogP contribution in [-0.4, -0.2) is 31.1 Å². The maximum atomic E-state index is 11.5. The van der Waals surface area contributed by atoms with Crippen molar-refractivity contribution in [2.75, 3.05) is 13.2 Å². The number of nitrogens with one attached hydrogen (secondary N) is 2. The van der Waals surface area contributed by atoms with E-state index in [0.717, 1.165) is 12.2 Å². The first-order valence-corrected chi connectivity index (χ1v) is 6.86. The summed E-state index contributed by atoms with van der Waals surface area (Å²) in [5.74, 6) is -0.927. The highest BCUT2D eigenvalue weighted by atomic mass is 16.5. The van der Waals surface area contributed by atoms with Crippen molar-refractivity contribution >= 4 is 17.8 Å². The minimum absolute atomic E-state index is 0.0254. The number of esters is 2.